The second kappa shape index (κ2) is 7.38. The number of thiophene rings is 1. The molecule has 0 aliphatic rings. The van der Waals surface area contributed by atoms with Gasteiger partial charge in [-0.05, 0) is 50.6 Å². The third-order valence-corrected chi connectivity index (χ3v) is 4.38. The number of carbonyl (C=O) groups is 1. The van der Waals surface area contributed by atoms with Gasteiger partial charge < -0.3 is 11.1 Å². The quantitative estimate of drug-likeness (QED) is 0.862. The summed E-state index contributed by atoms with van der Waals surface area (Å²) in [7, 11) is 0. The molecule has 0 radical (unpaired) electrons. The van der Waals surface area contributed by atoms with Gasteiger partial charge in [-0.15, -0.1) is 11.3 Å². The highest BCUT2D eigenvalue weighted by Gasteiger charge is 2.13. The van der Waals surface area contributed by atoms with Crippen LogP contribution < -0.4 is 11.1 Å². The molecule has 1 atom stereocenters. The van der Waals surface area contributed by atoms with E-state index in [9.17, 15) is 4.79 Å². The fourth-order valence-corrected chi connectivity index (χ4v) is 3.38. The average molecular weight is 302 g/mol. The minimum atomic E-state index is -0.0140. The van der Waals surface area contributed by atoms with Gasteiger partial charge in [0.1, 0.15) is 0 Å². The maximum atomic E-state index is 12.4. The molecule has 0 aliphatic carbocycles. The normalized spacial score (nSPS) is 12.1. The van der Waals surface area contributed by atoms with E-state index in [-0.39, 0.29) is 11.9 Å². The number of aryl methyl sites for hydroxylation is 1. The molecule has 0 aliphatic heterocycles. The van der Waals surface area contributed by atoms with Crippen LogP contribution in [-0.4, -0.2) is 18.5 Å². The molecule has 1 unspecified atom stereocenters. The molecule has 0 saturated heterocycles. The van der Waals surface area contributed by atoms with E-state index in [0.717, 1.165) is 24.0 Å². The molecule has 0 fully saturated rings. The van der Waals surface area contributed by atoms with E-state index in [0.29, 0.717) is 6.54 Å². The Bertz CT molecular complexity index is 606. The molecule has 1 amide bonds. The van der Waals surface area contributed by atoms with Crippen LogP contribution >= 0.6 is 11.3 Å². The molecule has 2 rings (SSSR count). The number of hydrogen-bond acceptors (Lipinski definition) is 3. The number of nitrogens with two attached hydrogens (primary N) is 1. The first-order chi connectivity index (χ1) is 10.1. The lowest BCUT2D eigenvalue weighted by molar-refractivity contribution is 0.0939. The Labute approximate surface area is 130 Å². The predicted molar refractivity (Wildman–Crippen MR) is 88.9 cm³/mol. The van der Waals surface area contributed by atoms with E-state index in [1.165, 1.54) is 9.75 Å². The zero-order chi connectivity index (χ0) is 15.2. The third-order valence-electron chi connectivity index (χ3n) is 3.36. The molecule has 1 aromatic carbocycles. The predicted octanol–water partition coefficient (Wildman–Crippen LogP) is 2.92. The number of nitrogens with one attached hydrogen (secondary N) is 1. The van der Waals surface area contributed by atoms with Crippen molar-refractivity contribution in [2.45, 2.75) is 32.7 Å². The van der Waals surface area contributed by atoms with Crippen molar-refractivity contribution < 1.29 is 4.79 Å². The van der Waals surface area contributed by atoms with Crippen molar-refractivity contribution in [3.8, 4) is 0 Å². The van der Waals surface area contributed by atoms with E-state index in [1.54, 1.807) is 11.3 Å². The molecule has 21 heavy (non-hydrogen) atoms. The zero-order valence-electron chi connectivity index (χ0n) is 12.6. The second-order valence-electron chi connectivity index (χ2n) is 5.29. The summed E-state index contributed by atoms with van der Waals surface area (Å²) in [6.45, 7) is 4.69. The second-order valence-corrected chi connectivity index (χ2v) is 6.66. The van der Waals surface area contributed by atoms with Crippen LogP contribution in [0.5, 0.6) is 0 Å². The topological polar surface area (TPSA) is 55.1 Å². The van der Waals surface area contributed by atoms with Crippen molar-refractivity contribution in [3.05, 3.63) is 57.3 Å². The first-order valence-corrected chi connectivity index (χ1v) is 8.06. The molecule has 2 aromatic rings. The first kappa shape index (κ1) is 15.7. The van der Waals surface area contributed by atoms with Gasteiger partial charge in [0.05, 0.1) is 0 Å². The van der Waals surface area contributed by atoms with Crippen LogP contribution in [0.15, 0.2) is 36.4 Å². The lowest BCUT2D eigenvalue weighted by Crippen LogP contribution is -2.34. The van der Waals surface area contributed by atoms with Gasteiger partial charge in [-0.3, -0.25) is 4.79 Å². The number of hydrogen-bond donors (Lipinski definition) is 2. The molecular formula is C17H22N2OS. The molecule has 0 bridgehead atoms. The van der Waals surface area contributed by atoms with Crippen LogP contribution in [-0.2, 0) is 12.8 Å². The van der Waals surface area contributed by atoms with Gasteiger partial charge in [0.15, 0.2) is 0 Å². The molecule has 3 nitrogen and oxygen atoms in total. The van der Waals surface area contributed by atoms with Crippen LogP contribution in [0.25, 0.3) is 0 Å². The minimum absolute atomic E-state index is 0.0140. The SMILES string of the molecule is Cc1ccc(CC(C)NC(=O)c2ccccc2CCN)s1. The number of benzene rings is 1. The summed E-state index contributed by atoms with van der Waals surface area (Å²) in [5.41, 5.74) is 7.35. The summed E-state index contributed by atoms with van der Waals surface area (Å²) < 4.78 is 0. The van der Waals surface area contributed by atoms with Gasteiger partial charge in [0.25, 0.3) is 5.91 Å². The lowest BCUT2D eigenvalue weighted by Gasteiger charge is -2.15. The van der Waals surface area contributed by atoms with Crippen molar-refractivity contribution >= 4 is 17.2 Å². The van der Waals surface area contributed by atoms with Crippen molar-refractivity contribution in [3.63, 3.8) is 0 Å². The van der Waals surface area contributed by atoms with Crippen molar-refractivity contribution in [2.75, 3.05) is 6.54 Å². The fourth-order valence-electron chi connectivity index (χ4n) is 2.36. The molecular weight excluding hydrogens is 280 g/mol. The average Bonchev–Trinajstić information content (AvgIpc) is 2.84. The van der Waals surface area contributed by atoms with E-state index in [4.69, 9.17) is 5.73 Å². The number of amides is 1. The minimum Gasteiger partial charge on any atom is -0.349 e. The third kappa shape index (κ3) is 4.41. The molecule has 0 spiro atoms. The molecule has 4 heteroatoms. The van der Waals surface area contributed by atoms with Crippen molar-refractivity contribution in [2.24, 2.45) is 5.73 Å². The van der Waals surface area contributed by atoms with Crippen LogP contribution in [0.4, 0.5) is 0 Å². The summed E-state index contributed by atoms with van der Waals surface area (Å²) in [4.78, 5) is 15.0. The first-order valence-electron chi connectivity index (χ1n) is 7.24. The molecule has 3 N–H and O–H groups in total. The maximum Gasteiger partial charge on any atom is 0.251 e. The lowest BCUT2D eigenvalue weighted by atomic mass is 10.0. The molecule has 0 saturated carbocycles. The Morgan fingerprint density at radius 1 is 1.29 bits per heavy atom. The zero-order valence-corrected chi connectivity index (χ0v) is 13.4. The summed E-state index contributed by atoms with van der Waals surface area (Å²) in [6.07, 6.45) is 1.59. The Balaban J connectivity index is 2.00. The Morgan fingerprint density at radius 3 is 2.71 bits per heavy atom. The van der Waals surface area contributed by atoms with Gasteiger partial charge in [0.2, 0.25) is 0 Å². The van der Waals surface area contributed by atoms with E-state index < -0.39 is 0 Å². The monoisotopic (exact) mass is 302 g/mol. The fraction of sp³-hybridized carbons (Fsp3) is 0.353. The molecule has 1 aromatic heterocycles. The van der Waals surface area contributed by atoms with Crippen LogP contribution in [0.3, 0.4) is 0 Å². The highest BCUT2D eigenvalue weighted by atomic mass is 32.1. The van der Waals surface area contributed by atoms with Crippen LogP contribution in [0.1, 0.15) is 32.6 Å². The van der Waals surface area contributed by atoms with Crippen molar-refractivity contribution in [1.82, 2.24) is 5.32 Å². The van der Waals surface area contributed by atoms with Crippen LogP contribution in [0, 0.1) is 6.92 Å². The van der Waals surface area contributed by atoms with Gasteiger partial charge in [-0.2, -0.15) is 0 Å². The maximum absolute atomic E-state index is 12.4. The van der Waals surface area contributed by atoms with Crippen LogP contribution in [0.2, 0.25) is 0 Å². The van der Waals surface area contributed by atoms with E-state index >= 15 is 0 Å². The Kier molecular flexibility index (Phi) is 5.53. The van der Waals surface area contributed by atoms with Gasteiger partial charge in [-0.1, -0.05) is 18.2 Å². The van der Waals surface area contributed by atoms with Gasteiger partial charge in [-0.25, -0.2) is 0 Å². The van der Waals surface area contributed by atoms with E-state index in [2.05, 4.69) is 24.4 Å². The van der Waals surface area contributed by atoms with E-state index in [1.807, 2.05) is 31.2 Å². The van der Waals surface area contributed by atoms with Gasteiger partial charge in [0, 0.05) is 27.8 Å². The summed E-state index contributed by atoms with van der Waals surface area (Å²) in [5.74, 6) is -0.0140. The Hall–Kier alpha value is -1.65. The van der Waals surface area contributed by atoms with Gasteiger partial charge >= 0.3 is 0 Å². The summed E-state index contributed by atoms with van der Waals surface area (Å²) in [5, 5.41) is 3.08. The molecule has 112 valence electrons. The highest BCUT2D eigenvalue weighted by molar-refractivity contribution is 7.11. The summed E-state index contributed by atoms with van der Waals surface area (Å²) >= 11 is 1.78. The summed E-state index contributed by atoms with van der Waals surface area (Å²) in [6, 6.07) is 12.0. The van der Waals surface area contributed by atoms with Crippen molar-refractivity contribution in [1.29, 1.82) is 0 Å². The number of rotatable bonds is 6. The highest BCUT2D eigenvalue weighted by Crippen LogP contribution is 2.17. The molecule has 1 heterocycles. The largest absolute Gasteiger partial charge is 0.349 e. The Morgan fingerprint density at radius 2 is 2.05 bits per heavy atom. The standard InChI is InChI=1S/C17H22N2OS/c1-12(11-15-8-7-13(2)21-15)19-17(20)16-6-4-3-5-14(16)9-10-18/h3-8,12H,9-11,18H2,1-2H3,(H,19,20). The number of carbonyl (C=O) groups excluding carboxylic acids is 1. The smallest absolute Gasteiger partial charge is 0.251 e.